The van der Waals surface area contributed by atoms with Crippen molar-refractivity contribution >= 4 is 23.4 Å². The molecule has 6 aromatic rings. The van der Waals surface area contributed by atoms with E-state index in [2.05, 4.69) is 25.7 Å². The quantitative estimate of drug-likeness (QED) is 0.162. The first kappa shape index (κ1) is 40.9. The summed E-state index contributed by atoms with van der Waals surface area (Å²) in [5.74, 6) is -5.12. The minimum Gasteiger partial charge on any atom is -0.474 e. The lowest BCUT2D eigenvalue weighted by molar-refractivity contribution is -0.121. The van der Waals surface area contributed by atoms with Crippen LogP contribution in [0.4, 0.5) is 17.6 Å². The third kappa shape index (κ3) is 9.16. The number of benzene rings is 4. The molecule has 1 amide bonds. The van der Waals surface area contributed by atoms with Crippen molar-refractivity contribution in [3.63, 3.8) is 0 Å². The Morgan fingerprint density at radius 2 is 1.15 bits per heavy atom. The van der Waals surface area contributed by atoms with Crippen molar-refractivity contribution in [3.8, 4) is 0 Å². The van der Waals surface area contributed by atoms with Crippen LogP contribution in [-0.2, 0) is 35.3 Å². The van der Waals surface area contributed by atoms with E-state index in [0.29, 0.717) is 41.8 Å². The molecule has 4 aromatic carbocycles. The highest BCUT2D eigenvalue weighted by molar-refractivity contribution is 5.96. The van der Waals surface area contributed by atoms with Crippen molar-refractivity contribution in [3.05, 3.63) is 165 Å². The normalized spacial score (nSPS) is 21.7. The fourth-order valence-electron chi connectivity index (χ4n) is 8.00. The van der Waals surface area contributed by atoms with E-state index >= 15 is 0 Å². The molecule has 0 saturated heterocycles. The Balaban J connectivity index is 0.000000139. The first-order valence-corrected chi connectivity index (χ1v) is 19.4. The zero-order valence-electron chi connectivity index (χ0n) is 32.1. The number of carbonyl (C=O) groups is 4. The van der Waals surface area contributed by atoms with Gasteiger partial charge in [-0.25, -0.2) is 22.4 Å². The first-order valence-electron chi connectivity index (χ1n) is 19.4. The SMILES string of the molecule is N[C@@H]1C(=O)Cc2c(F)cc(F)cc2[C@@H]2C[C@H]12.O=C(N[C@@H]1C(=O)Cc2c(F)cc(F)cc2[C@@H]2C[C@H]12)c1nnc(Cc2ccccc2)o1.O=C(O)c1nnc(Cc2ccccc2)o1. The van der Waals surface area contributed by atoms with Gasteiger partial charge in [0.25, 0.3) is 0 Å². The summed E-state index contributed by atoms with van der Waals surface area (Å²) in [5, 5.41) is 25.9. The van der Waals surface area contributed by atoms with E-state index in [9.17, 15) is 36.7 Å². The fourth-order valence-corrected chi connectivity index (χ4v) is 8.00. The van der Waals surface area contributed by atoms with Gasteiger partial charge >= 0.3 is 23.7 Å². The summed E-state index contributed by atoms with van der Waals surface area (Å²) in [6.45, 7) is 0. The molecule has 312 valence electrons. The van der Waals surface area contributed by atoms with E-state index in [1.54, 1.807) is 0 Å². The summed E-state index contributed by atoms with van der Waals surface area (Å²) in [6, 6.07) is 21.9. The summed E-state index contributed by atoms with van der Waals surface area (Å²) in [4.78, 5) is 47.5. The molecule has 0 aliphatic heterocycles. The van der Waals surface area contributed by atoms with Crippen LogP contribution in [0.2, 0.25) is 0 Å². The molecule has 2 aromatic heterocycles. The lowest BCUT2D eigenvalue weighted by atomic mass is 9.99. The van der Waals surface area contributed by atoms with Gasteiger partial charge in [0, 0.05) is 25.0 Å². The number of hydrogen-bond acceptors (Lipinski definition) is 11. The molecule has 0 spiro atoms. The number of nitrogens with one attached hydrogen (secondary N) is 1. The molecule has 6 atom stereocenters. The van der Waals surface area contributed by atoms with Crippen LogP contribution in [0.1, 0.15) is 91.2 Å². The van der Waals surface area contributed by atoms with Crippen LogP contribution < -0.4 is 11.1 Å². The molecule has 2 saturated carbocycles. The number of Topliss-reactive ketones (excluding diaryl/α,β-unsaturated/α-hetero) is 2. The number of carboxylic acid groups (broad SMARTS) is 1. The standard InChI is InChI=1S/C22H17F2N3O3.C12H11F2NO.C10H8N2O3/c23-12-7-13-14-9-16(14)20(18(28)10-15(13)17(24)8-12)25-21(29)22-27-26-19(30-22)6-11-4-2-1-3-5-11;13-5-1-6-7-3-9(7)12(15)11(16)4-8(6)10(14)2-5;13-10(14)9-12-11-8(15-9)6-7-4-2-1-3-5-7/h1-5,7-8,14,16,20H,6,9-10H2,(H,25,29);1-2,7,9,12H,3-4,15H2;1-5H,6H2,(H,13,14)/t14-,16-,20-;7-,9-,12-;/m00./s1. The number of carboxylic acids is 1. The van der Waals surface area contributed by atoms with E-state index in [0.717, 1.165) is 29.7 Å². The lowest BCUT2D eigenvalue weighted by Gasteiger charge is -2.14. The van der Waals surface area contributed by atoms with Crippen molar-refractivity contribution in [2.24, 2.45) is 17.6 Å². The minimum atomic E-state index is -1.21. The third-order valence-corrected chi connectivity index (χ3v) is 11.2. The molecule has 0 unspecified atom stereocenters. The maximum Gasteiger partial charge on any atom is 0.393 e. The van der Waals surface area contributed by atoms with Crippen molar-refractivity contribution in [1.82, 2.24) is 25.7 Å². The van der Waals surface area contributed by atoms with Gasteiger partial charge in [-0.2, -0.15) is 0 Å². The molecule has 2 heterocycles. The molecule has 0 bridgehead atoms. The number of aromatic nitrogens is 4. The van der Waals surface area contributed by atoms with Gasteiger partial charge in [-0.3, -0.25) is 14.4 Å². The fraction of sp³-hybridized carbons (Fsp3) is 0.273. The van der Waals surface area contributed by atoms with Crippen LogP contribution >= 0.6 is 0 Å². The summed E-state index contributed by atoms with van der Waals surface area (Å²) < 4.78 is 64.9. The van der Waals surface area contributed by atoms with Crippen molar-refractivity contribution < 1.29 is 50.7 Å². The van der Waals surface area contributed by atoms with E-state index < -0.39 is 47.2 Å². The highest BCUT2D eigenvalue weighted by Gasteiger charge is 2.51. The molecule has 0 radical (unpaired) electrons. The largest absolute Gasteiger partial charge is 0.474 e. The smallest absolute Gasteiger partial charge is 0.393 e. The second-order valence-electron chi connectivity index (χ2n) is 15.3. The molecular formula is C44H36F4N6O7. The predicted octanol–water partition coefficient (Wildman–Crippen LogP) is 5.85. The van der Waals surface area contributed by atoms with Gasteiger partial charge in [0.1, 0.15) is 23.3 Å². The number of ketones is 2. The van der Waals surface area contributed by atoms with Gasteiger partial charge in [0.05, 0.1) is 24.9 Å². The Hall–Kier alpha value is -6.88. The lowest BCUT2D eigenvalue weighted by Crippen LogP contribution is -2.43. The van der Waals surface area contributed by atoms with Crippen molar-refractivity contribution in [2.75, 3.05) is 0 Å². The second-order valence-corrected chi connectivity index (χ2v) is 15.3. The third-order valence-electron chi connectivity index (χ3n) is 11.2. The van der Waals surface area contributed by atoms with Crippen LogP contribution in [0.3, 0.4) is 0 Å². The van der Waals surface area contributed by atoms with Crippen LogP contribution in [0.15, 0.2) is 93.8 Å². The van der Waals surface area contributed by atoms with Gasteiger partial charge in [-0.15, -0.1) is 20.4 Å². The topological polar surface area (TPSA) is 204 Å². The highest BCUT2D eigenvalue weighted by Crippen LogP contribution is 2.54. The Kier molecular flexibility index (Phi) is 11.4. The number of hydrogen-bond donors (Lipinski definition) is 3. The molecular weight excluding hydrogens is 801 g/mol. The van der Waals surface area contributed by atoms with Gasteiger partial charge in [-0.1, -0.05) is 60.7 Å². The number of halogens is 4. The molecule has 4 N–H and O–H groups in total. The monoisotopic (exact) mass is 836 g/mol. The molecule has 10 rings (SSSR count). The Bertz CT molecular complexity index is 2640. The summed E-state index contributed by atoms with van der Waals surface area (Å²) in [6.07, 6.45) is 1.98. The van der Waals surface area contributed by atoms with Crippen LogP contribution in [0.25, 0.3) is 0 Å². The molecule has 13 nitrogen and oxygen atoms in total. The first-order chi connectivity index (χ1) is 29.3. The summed E-state index contributed by atoms with van der Waals surface area (Å²) >= 11 is 0. The van der Waals surface area contributed by atoms with E-state index in [1.165, 1.54) is 12.1 Å². The number of fused-ring (bicyclic) bond motifs is 6. The number of amides is 1. The zero-order chi connectivity index (χ0) is 42.9. The summed E-state index contributed by atoms with van der Waals surface area (Å²) in [7, 11) is 0. The van der Waals surface area contributed by atoms with E-state index in [1.807, 2.05) is 60.7 Å². The average Bonchev–Trinajstić information content (AvgIpc) is 4.12. The van der Waals surface area contributed by atoms with Gasteiger partial charge in [-0.05, 0) is 82.0 Å². The Morgan fingerprint density at radius 3 is 1.67 bits per heavy atom. The van der Waals surface area contributed by atoms with Crippen LogP contribution in [0, 0.1) is 35.1 Å². The average molecular weight is 837 g/mol. The van der Waals surface area contributed by atoms with Gasteiger partial charge in [0.2, 0.25) is 11.8 Å². The van der Waals surface area contributed by atoms with Crippen molar-refractivity contribution in [2.45, 2.75) is 62.4 Å². The molecule has 61 heavy (non-hydrogen) atoms. The zero-order valence-corrected chi connectivity index (χ0v) is 32.1. The number of aromatic carboxylic acids is 1. The second kappa shape index (κ2) is 17.0. The Labute approximate surface area is 344 Å². The minimum absolute atomic E-state index is 0.00435. The molecule has 4 aliphatic carbocycles. The summed E-state index contributed by atoms with van der Waals surface area (Å²) in [5.41, 5.74) is 9.44. The maximum atomic E-state index is 14.2. The number of nitrogens with two attached hydrogens (primary N) is 1. The van der Waals surface area contributed by atoms with Crippen LogP contribution in [-0.4, -0.2) is 61.0 Å². The number of carbonyl (C=O) groups excluding carboxylic acids is 3. The van der Waals surface area contributed by atoms with E-state index in [-0.39, 0.29) is 71.3 Å². The molecule has 2 fully saturated rings. The molecule has 17 heteroatoms. The van der Waals surface area contributed by atoms with Gasteiger partial charge in [0.15, 0.2) is 11.6 Å². The number of nitrogens with zero attached hydrogens (tertiary/aromatic N) is 4. The highest BCUT2D eigenvalue weighted by atomic mass is 19.1. The van der Waals surface area contributed by atoms with Gasteiger partial charge < -0.3 is 25.0 Å². The maximum absolute atomic E-state index is 14.2. The predicted molar refractivity (Wildman–Crippen MR) is 205 cm³/mol. The van der Waals surface area contributed by atoms with Crippen molar-refractivity contribution in [1.29, 1.82) is 0 Å². The molecule has 4 aliphatic rings. The van der Waals surface area contributed by atoms with E-state index in [4.69, 9.17) is 19.7 Å². The number of rotatable bonds is 7. The Morgan fingerprint density at radius 1 is 0.672 bits per heavy atom. The van der Waals surface area contributed by atoms with Crippen LogP contribution in [0.5, 0.6) is 0 Å².